The van der Waals surface area contributed by atoms with Crippen molar-refractivity contribution in [3.63, 3.8) is 0 Å². The molecule has 8 heteroatoms. The molecule has 0 N–H and O–H groups in total. The SMILES string of the molecule is Cc1nc(C)c(C)c(Sc2nnnn2-c2ccc(Br)cc2)n1. The summed E-state index contributed by atoms with van der Waals surface area (Å²) in [6.45, 7) is 5.87. The molecule has 3 rings (SSSR count). The average molecular weight is 377 g/mol. The molecule has 6 nitrogen and oxygen atoms in total. The molecule has 0 aliphatic rings. The third-order valence-corrected chi connectivity index (χ3v) is 4.71. The lowest BCUT2D eigenvalue weighted by Gasteiger charge is -2.08. The molecule has 2 aromatic heterocycles. The summed E-state index contributed by atoms with van der Waals surface area (Å²) < 4.78 is 2.71. The molecular weight excluding hydrogens is 364 g/mol. The van der Waals surface area contributed by atoms with E-state index in [1.165, 1.54) is 11.8 Å². The fourth-order valence-electron chi connectivity index (χ4n) is 1.91. The third-order valence-electron chi connectivity index (χ3n) is 3.16. The molecule has 0 atom stereocenters. The first kappa shape index (κ1) is 15.1. The zero-order chi connectivity index (χ0) is 15.7. The van der Waals surface area contributed by atoms with Gasteiger partial charge in [0.05, 0.1) is 5.69 Å². The Labute approximate surface area is 140 Å². The first-order valence-corrected chi connectivity index (χ1v) is 8.19. The molecule has 0 spiro atoms. The Hall–Kier alpha value is -1.80. The van der Waals surface area contributed by atoms with Crippen molar-refractivity contribution in [3.8, 4) is 5.69 Å². The van der Waals surface area contributed by atoms with Gasteiger partial charge in [-0.15, -0.1) is 5.10 Å². The van der Waals surface area contributed by atoms with Crippen LogP contribution in [0.5, 0.6) is 0 Å². The van der Waals surface area contributed by atoms with Gasteiger partial charge in [0.2, 0.25) is 5.16 Å². The summed E-state index contributed by atoms with van der Waals surface area (Å²) in [6.07, 6.45) is 0. The number of halogens is 1. The smallest absolute Gasteiger partial charge is 0.220 e. The van der Waals surface area contributed by atoms with Crippen molar-refractivity contribution in [2.75, 3.05) is 0 Å². The Balaban J connectivity index is 1.98. The van der Waals surface area contributed by atoms with E-state index >= 15 is 0 Å². The van der Waals surface area contributed by atoms with Gasteiger partial charge in [-0.25, -0.2) is 9.97 Å². The Bertz CT molecular complexity index is 815. The van der Waals surface area contributed by atoms with Crippen LogP contribution in [-0.4, -0.2) is 30.2 Å². The van der Waals surface area contributed by atoms with Crippen LogP contribution in [-0.2, 0) is 0 Å². The number of rotatable bonds is 3. The summed E-state index contributed by atoms with van der Waals surface area (Å²) >= 11 is 4.86. The van der Waals surface area contributed by atoms with Crippen LogP contribution in [0.1, 0.15) is 17.1 Å². The number of tetrazole rings is 1. The van der Waals surface area contributed by atoms with E-state index in [0.717, 1.165) is 32.3 Å². The quantitative estimate of drug-likeness (QED) is 0.653. The topological polar surface area (TPSA) is 69.4 Å². The fraction of sp³-hybridized carbons (Fsp3) is 0.214. The number of nitrogens with zero attached hydrogens (tertiary/aromatic N) is 6. The van der Waals surface area contributed by atoms with Gasteiger partial charge < -0.3 is 0 Å². The Morgan fingerprint density at radius 2 is 1.77 bits per heavy atom. The van der Waals surface area contributed by atoms with Crippen molar-refractivity contribution < 1.29 is 0 Å². The summed E-state index contributed by atoms with van der Waals surface area (Å²) in [5.41, 5.74) is 2.91. The molecule has 3 aromatic rings. The zero-order valence-electron chi connectivity index (χ0n) is 12.3. The van der Waals surface area contributed by atoms with E-state index in [4.69, 9.17) is 0 Å². The summed E-state index contributed by atoms with van der Waals surface area (Å²) in [6, 6.07) is 7.81. The van der Waals surface area contributed by atoms with Crippen LogP contribution < -0.4 is 0 Å². The number of benzene rings is 1. The van der Waals surface area contributed by atoms with Gasteiger partial charge in [0.25, 0.3) is 0 Å². The molecule has 0 radical (unpaired) electrons. The van der Waals surface area contributed by atoms with Crippen LogP contribution >= 0.6 is 27.7 Å². The molecule has 22 heavy (non-hydrogen) atoms. The number of hydrogen-bond acceptors (Lipinski definition) is 6. The average Bonchev–Trinajstić information content (AvgIpc) is 2.93. The second-order valence-electron chi connectivity index (χ2n) is 4.74. The normalized spacial score (nSPS) is 10.9. The largest absolute Gasteiger partial charge is 0.238 e. The first-order chi connectivity index (χ1) is 10.5. The summed E-state index contributed by atoms with van der Waals surface area (Å²) in [4.78, 5) is 8.86. The first-order valence-electron chi connectivity index (χ1n) is 6.58. The second kappa shape index (κ2) is 6.13. The number of aryl methyl sites for hydroxylation is 2. The molecular formula is C14H13BrN6S. The van der Waals surface area contributed by atoms with Crippen molar-refractivity contribution in [3.05, 3.63) is 45.8 Å². The van der Waals surface area contributed by atoms with Crippen molar-refractivity contribution in [2.45, 2.75) is 31.0 Å². The molecule has 0 saturated carbocycles. The minimum absolute atomic E-state index is 0.669. The highest BCUT2D eigenvalue weighted by atomic mass is 79.9. The minimum Gasteiger partial charge on any atom is -0.238 e. The maximum absolute atomic E-state index is 4.49. The molecule has 0 aliphatic heterocycles. The maximum atomic E-state index is 4.49. The zero-order valence-corrected chi connectivity index (χ0v) is 14.7. The van der Waals surface area contributed by atoms with E-state index < -0.39 is 0 Å². The number of hydrogen-bond donors (Lipinski definition) is 0. The van der Waals surface area contributed by atoms with E-state index in [1.807, 2.05) is 45.0 Å². The van der Waals surface area contributed by atoms with Gasteiger partial charge in [-0.3, -0.25) is 0 Å². The maximum Gasteiger partial charge on any atom is 0.220 e. The lowest BCUT2D eigenvalue weighted by molar-refractivity contribution is 0.755. The van der Waals surface area contributed by atoms with E-state index in [9.17, 15) is 0 Å². The molecule has 1 aromatic carbocycles. The van der Waals surface area contributed by atoms with Gasteiger partial charge in [-0.2, -0.15) is 4.68 Å². The van der Waals surface area contributed by atoms with E-state index in [2.05, 4.69) is 41.4 Å². The Morgan fingerprint density at radius 3 is 2.50 bits per heavy atom. The van der Waals surface area contributed by atoms with Gasteiger partial charge in [0, 0.05) is 15.7 Å². The van der Waals surface area contributed by atoms with Crippen LogP contribution in [0.4, 0.5) is 0 Å². The van der Waals surface area contributed by atoms with Crippen LogP contribution in [0, 0.1) is 20.8 Å². The van der Waals surface area contributed by atoms with Gasteiger partial charge >= 0.3 is 0 Å². The van der Waals surface area contributed by atoms with Crippen molar-refractivity contribution >= 4 is 27.7 Å². The highest BCUT2D eigenvalue weighted by molar-refractivity contribution is 9.10. The molecule has 0 bridgehead atoms. The minimum atomic E-state index is 0.669. The molecule has 0 aliphatic carbocycles. The fourth-order valence-corrected chi connectivity index (χ4v) is 3.13. The molecule has 0 unspecified atom stereocenters. The monoisotopic (exact) mass is 376 g/mol. The summed E-state index contributed by atoms with van der Waals surface area (Å²) in [5.74, 6) is 0.744. The van der Waals surface area contributed by atoms with Crippen LogP contribution in [0.2, 0.25) is 0 Å². The molecule has 112 valence electrons. The van der Waals surface area contributed by atoms with Crippen molar-refractivity contribution in [1.29, 1.82) is 0 Å². The van der Waals surface area contributed by atoms with Crippen LogP contribution in [0.25, 0.3) is 5.69 Å². The van der Waals surface area contributed by atoms with Gasteiger partial charge in [-0.1, -0.05) is 15.9 Å². The van der Waals surface area contributed by atoms with Crippen molar-refractivity contribution in [1.82, 2.24) is 30.2 Å². The predicted octanol–water partition coefficient (Wildman–Crippen LogP) is 3.29. The molecule has 0 fully saturated rings. The lowest BCUT2D eigenvalue weighted by atomic mass is 10.3. The predicted molar refractivity (Wildman–Crippen MR) is 87.2 cm³/mol. The Kier molecular flexibility index (Phi) is 4.21. The van der Waals surface area contributed by atoms with E-state index in [1.54, 1.807) is 4.68 Å². The van der Waals surface area contributed by atoms with Gasteiger partial charge in [0.1, 0.15) is 10.9 Å². The highest BCUT2D eigenvalue weighted by Gasteiger charge is 2.14. The van der Waals surface area contributed by atoms with E-state index in [0.29, 0.717) is 5.16 Å². The molecule has 0 saturated heterocycles. The Morgan fingerprint density at radius 1 is 1.05 bits per heavy atom. The van der Waals surface area contributed by atoms with Crippen molar-refractivity contribution in [2.24, 2.45) is 0 Å². The standard InChI is InChI=1S/C14H13BrN6S/c1-8-9(2)16-10(3)17-13(8)22-14-18-19-20-21(14)12-6-4-11(15)5-7-12/h4-7H,1-3H3. The van der Waals surface area contributed by atoms with Gasteiger partial charge in [-0.05, 0) is 67.2 Å². The van der Waals surface area contributed by atoms with Gasteiger partial charge in [0.15, 0.2) is 0 Å². The van der Waals surface area contributed by atoms with Crippen LogP contribution in [0.15, 0.2) is 38.9 Å². The van der Waals surface area contributed by atoms with Crippen LogP contribution in [0.3, 0.4) is 0 Å². The number of aromatic nitrogens is 6. The molecule has 2 heterocycles. The second-order valence-corrected chi connectivity index (χ2v) is 6.61. The highest BCUT2D eigenvalue weighted by Crippen LogP contribution is 2.29. The summed E-state index contributed by atoms with van der Waals surface area (Å²) in [5, 5.41) is 13.5. The third kappa shape index (κ3) is 3.02. The molecule has 0 amide bonds. The lowest BCUT2D eigenvalue weighted by Crippen LogP contribution is -2.01. The summed E-state index contributed by atoms with van der Waals surface area (Å²) in [7, 11) is 0. The van der Waals surface area contributed by atoms with E-state index in [-0.39, 0.29) is 0 Å².